The maximum absolute atomic E-state index is 14.0. The molecule has 7 rings (SSSR count). The number of carbonyl (C=O) groups is 4. The maximum atomic E-state index is 14.0. The molecule has 26 heteroatoms. The van der Waals surface area contributed by atoms with Gasteiger partial charge in [0.25, 0.3) is 15.9 Å². The first kappa shape index (κ1) is 56.3. The Morgan fingerprint density at radius 3 is 2.37 bits per heavy atom. The van der Waals surface area contributed by atoms with E-state index >= 15 is 0 Å². The number of anilines is 3. The molecule has 0 aliphatic carbocycles. The Labute approximate surface area is 439 Å². The van der Waals surface area contributed by atoms with E-state index in [1.165, 1.54) is 41.3 Å². The molecule has 1 aliphatic rings. The van der Waals surface area contributed by atoms with Gasteiger partial charge in [0, 0.05) is 37.3 Å². The average Bonchev–Trinajstić information content (AvgIpc) is 4.21. The van der Waals surface area contributed by atoms with Gasteiger partial charge in [-0.05, 0) is 60.2 Å². The van der Waals surface area contributed by atoms with Gasteiger partial charge in [0.05, 0.1) is 59.9 Å². The van der Waals surface area contributed by atoms with Crippen LogP contribution in [0.4, 0.5) is 30.5 Å². The molecule has 2 unspecified atom stereocenters. The molecule has 6 aromatic rings. The summed E-state index contributed by atoms with van der Waals surface area (Å²) in [7, 11) is -5.12. The number of H-pyrrole nitrogens is 1. The Hall–Kier alpha value is -7.39. The van der Waals surface area contributed by atoms with Gasteiger partial charge in [-0.3, -0.25) is 33.7 Å². The predicted octanol–water partition coefficient (Wildman–Crippen LogP) is 5.63. The van der Waals surface area contributed by atoms with Crippen LogP contribution in [-0.4, -0.2) is 124 Å². The van der Waals surface area contributed by atoms with E-state index in [2.05, 4.69) is 36.2 Å². The quantitative estimate of drug-likeness (QED) is 0.0362. The maximum Gasteiger partial charge on any atom is 0.355 e. The molecule has 0 saturated carbocycles. The Morgan fingerprint density at radius 2 is 1.70 bits per heavy atom. The third-order valence-corrected chi connectivity index (χ3v) is 14.0. The molecular formula is C50H58F3N11O10S2. The van der Waals surface area contributed by atoms with Crippen LogP contribution in [0.3, 0.4) is 0 Å². The van der Waals surface area contributed by atoms with E-state index in [-0.39, 0.29) is 92.4 Å². The van der Waals surface area contributed by atoms with E-state index in [1.54, 1.807) is 61.5 Å². The monoisotopic (exact) mass is 1090 g/mol. The van der Waals surface area contributed by atoms with Gasteiger partial charge in [-0.15, -0.1) is 11.3 Å². The smallest absolute Gasteiger partial charge is 0.355 e. The molecule has 4 atom stereocenters. The van der Waals surface area contributed by atoms with Crippen LogP contribution in [0.15, 0.2) is 84.5 Å². The van der Waals surface area contributed by atoms with Crippen molar-refractivity contribution in [3.63, 3.8) is 0 Å². The number of thiazole rings is 1. The van der Waals surface area contributed by atoms with E-state index in [0.29, 0.717) is 5.56 Å². The molecule has 0 bridgehead atoms. The van der Waals surface area contributed by atoms with E-state index in [9.17, 15) is 45.9 Å². The number of aliphatic hydroxyl groups is 1. The number of amides is 4. The van der Waals surface area contributed by atoms with Crippen molar-refractivity contribution >= 4 is 62.3 Å². The molecule has 3 aromatic heterocycles. The fourth-order valence-corrected chi connectivity index (χ4v) is 9.51. The second-order valence-electron chi connectivity index (χ2n) is 18.8. The van der Waals surface area contributed by atoms with Crippen LogP contribution >= 0.6 is 11.3 Å². The number of rotatable bonds is 24. The van der Waals surface area contributed by atoms with Gasteiger partial charge in [0.2, 0.25) is 17.7 Å². The minimum atomic E-state index is -5.12. The molecule has 3 aromatic carbocycles. The van der Waals surface area contributed by atoms with Crippen LogP contribution in [0.25, 0.3) is 21.7 Å². The first-order chi connectivity index (χ1) is 36.1. The Balaban J connectivity index is 0.874. The molecule has 0 radical (unpaired) electrons. The summed E-state index contributed by atoms with van der Waals surface area (Å²) in [5.74, 6) is -6.63. The van der Waals surface area contributed by atoms with Crippen LogP contribution in [0, 0.1) is 18.2 Å². The van der Waals surface area contributed by atoms with Gasteiger partial charge in [0.15, 0.2) is 11.6 Å². The Bertz CT molecular complexity index is 3110. The summed E-state index contributed by atoms with van der Waals surface area (Å²) in [4.78, 5) is 60.1. The lowest BCUT2D eigenvalue weighted by atomic mass is 9.85. The zero-order chi connectivity index (χ0) is 54.9. The number of aromatic nitrogens is 5. The van der Waals surface area contributed by atoms with Crippen LogP contribution in [0.1, 0.15) is 67.4 Å². The van der Waals surface area contributed by atoms with E-state index in [4.69, 9.17) is 19.9 Å². The normalized spacial score (nSPS) is 15.6. The first-order valence-electron chi connectivity index (χ1n) is 23.8. The number of nitrogens with one attached hydrogen (secondary N) is 5. The molecule has 76 heavy (non-hydrogen) atoms. The number of carbonyl (C=O) groups excluding carboxylic acids is 4. The molecule has 0 spiro atoms. The molecule has 8 N–H and O–H groups in total. The van der Waals surface area contributed by atoms with Gasteiger partial charge in [0.1, 0.15) is 41.9 Å². The molecule has 406 valence electrons. The van der Waals surface area contributed by atoms with Gasteiger partial charge >= 0.3 is 5.76 Å². The number of ether oxygens (including phenoxy) is 3. The summed E-state index contributed by atoms with van der Waals surface area (Å²) >= 11 is 1.55. The third-order valence-electron chi connectivity index (χ3n) is 12.1. The van der Waals surface area contributed by atoms with Crippen molar-refractivity contribution in [2.45, 2.75) is 84.2 Å². The van der Waals surface area contributed by atoms with Crippen molar-refractivity contribution in [3.05, 3.63) is 113 Å². The fraction of sp³-hybridized carbons (Fsp3) is 0.380. The number of primary amides is 1. The number of benzene rings is 3. The van der Waals surface area contributed by atoms with Crippen LogP contribution in [0.5, 0.6) is 5.75 Å². The minimum Gasteiger partial charge on any atom is -0.484 e. The average molecular weight is 1090 g/mol. The molecule has 1 fully saturated rings. The fourth-order valence-electron chi connectivity index (χ4n) is 8.13. The van der Waals surface area contributed by atoms with Crippen molar-refractivity contribution in [1.29, 1.82) is 0 Å². The zero-order valence-corrected chi connectivity index (χ0v) is 43.6. The number of likely N-dealkylation sites (tertiary alicyclic amines) is 1. The number of alkyl halides is 2. The lowest BCUT2D eigenvalue weighted by Gasteiger charge is -2.35. The second-order valence-corrected chi connectivity index (χ2v) is 21.3. The van der Waals surface area contributed by atoms with Crippen LogP contribution < -0.4 is 31.1 Å². The Morgan fingerprint density at radius 1 is 0.987 bits per heavy atom. The van der Waals surface area contributed by atoms with Crippen molar-refractivity contribution in [2.75, 3.05) is 43.0 Å². The van der Waals surface area contributed by atoms with Gasteiger partial charge < -0.3 is 45.9 Å². The summed E-state index contributed by atoms with van der Waals surface area (Å²) in [5.41, 5.74) is 9.92. The lowest BCUT2D eigenvalue weighted by molar-refractivity contribution is -0.144. The summed E-state index contributed by atoms with van der Waals surface area (Å²) in [6.45, 7) is 9.23. The van der Waals surface area contributed by atoms with Crippen molar-refractivity contribution in [2.24, 2.45) is 11.1 Å². The SMILES string of the molecule is Cc1ncsc1-c1ccc(CNC(=O)[C@@H]2C[C@@H](O)CN2C(=O)C(NC(=O)COCCOCCn2ccc(Nc3n[nH]c(-c4ccc(NS(=O)(=O)C(F)F)c(OC(C)c5ccc(F)cc5)c4)c3C(N)=O)n2)C(C)(C)C)cc1. The highest BCUT2D eigenvalue weighted by Gasteiger charge is 2.44. The number of aliphatic hydroxyl groups excluding tert-OH is 1. The highest BCUT2D eigenvalue weighted by Crippen LogP contribution is 2.37. The number of aryl methyl sites for hydroxylation is 1. The van der Waals surface area contributed by atoms with E-state index in [0.717, 1.165) is 27.8 Å². The molecule has 1 saturated heterocycles. The predicted molar refractivity (Wildman–Crippen MR) is 275 cm³/mol. The number of hydrogen-bond acceptors (Lipinski definition) is 15. The van der Waals surface area contributed by atoms with Crippen molar-refractivity contribution in [1.82, 2.24) is 40.5 Å². The number of halogens is 3. The topological polar surface area (TPSA) is 287 Å². The largest absolute Gasteiger partial charge is 0.484 e. The number of sulfonamides is 1. The summed E-state index contributed by atoms with van der Waals surface area (Å²) in [5, 5.41) is 30.5. The molecular weight excluding hydrogens is 1040 g/mol. The number of hydrogen-bond donors (Lipinski definition) is 7. The first-order valence-corrected chi connectivity index (χ1v) is 26.3. The standard InChI is InChI=1S/C50H58F3N11O10S2/c1-28-43(75-27-56-28)32-8-6-30(7-9-32)24-55-47(68)37-23-35(65)25-64(37)48(69)44(50(3,4)5)58-40(66)26-73-21-20-72-19-18-63-17-16-39(61-63)57-46-41(45(54)67)42(59-60-46)33-12-15-36(62-76(70,71)49(52)53)38(22-33)74-29(2)31-10-13-34(51)14-11-31/h6-17,22,27,29,35,37,44,49,62,65H,18-21,23-26H2,1-5H3,(H2,54,67)(H,55,68)(H,58,66)(H2,57,59,60,61)/t29?,35-,37+,44?/m1/s1. The molecule has 4 amide bonds. The summed E-state index contributed by atoms with van der Waals surface area (Å²) in [6.07, 6.45) is -0.0696. The number of aromatic amines is 1. The summed E-state index contributed by atoms with van der Waals surface area (Å²) in [6, 6.07) is 16.4. The number of nitrogens with two attached hydrogens (primary N) is 1. The van der Waals surface area contributed by atoms with Crippen LogP contribution in [-0.2, 0) is 47.0 Å². The van der Waals surface area contributed by atoms with Gasteiger partial charge in [-0.1, -0.05) is 63.2 Å². The number of nitrogens with zero attached hydrogens (tertiary/aromatic N) is 5. The molecule has 4 heterocycles. The molecule has 1 aliphatic heterocycles. The van der Waals surface area contributed by atoms with Crippen molar-refractivity contribution < 1.29 is 60.1 Å². The van der Waals surface area contributed by atoms with Gasteiger partial charge in [-0.25, -0.2) is 17.8 Å². The van der Waals surface area contributed by atoms with Gasteiger partial charge in [-0.2, -0.15) is 19.0 Å². The zero-order valence-electron chi connectivity index (χ0n) is 42.0. The lowest BCUT2D eigenvalue weighted by Crippen LogP contribution is -2.58. The third kappa shape index (κ3) is 14.3. The number of β-amino-alcohol motifs (C(OH)–C–C–N with tert-alkyl or cyclic N) is 1. The van der Waals surface area contributed by atoms with Crippen molar-refractivity contribution in [3.8, 4) is 27.4 Å². The minimum absolute atomic E-state index is 0.0217. The van der Waals surface area contributed by atoms with E-state index < -0.39 is 74.9 Å². The second kappa shape index (κ2) is 24.5. The van der Waals surface area contributed by atoms with Crippen LogP contribution in [0.2, 0.25) is 0 Å². The highest BCUT2D eigenvalue weighted by atomic mass is 32.2. The Kier molecular flexibility index (Phi) is 18.2. The summed E-state index contributed by atoms with van der Waals surface area (Å²) < 4.78 is 85.1. The molecule has 21 nitrogen and oxygen atoms in total. The highest BCUT2D eigenvalue weighted by molar-refractivity contribution is 7.93. The van der Waals surface area contributed by atoms with E-state index in [1.807, 2.05) is 35.9 Å².